The average molecular weight is 179 g/mol. The zero-order chi connectivity index (χ0) is 9.68. The number of nitrogens with one attached hydrogen (secondary N) is 1. The molecular formula is C9H9NO3. The number of hydrogen-bond acceptors (Lipinski definition) is 3. The molecule has 0 fully saturated rings. The molecule has 0 aromatic heterocycles. The van der Waals surface area contributed by atoms with Gasteiger partial charge in [0.25, 0.3) is 0 Å². The van der Waals surface area contributed by atoms with E-state index in [9.17, 15) is 9.59 Å². The van der Waals surface area contributed by atoms with Crippen molar-refractivity contribution in [3.63, 3.8) is 0 Å². The van der Waals surface area contributed by atoms with Crippen molar-refractivity contribution in [2.24, 2.45) is 0 Å². The van der Waals surface area contributed by atoms with Gasteiger partial charge in [-0.05, 0) is 12.1 Å². The van der Waals surface area contributed by atoms with Gasteiger partial charge in [-0.2, -0.15) is 0 Å². The lowest BCUT2D eigenvalue weighted by Crippen LogP contribution is -2.22. The molecule has 4 heteroatoms. The molecular weight excluding hydrogens is 170 g/mol. The van der Waals surface area contributed by atoms with E-state index in [2.05, 4.69) is 5.32 Å². The number of benzene rings is 1. The molecule has 0 heterocycles. The summed E-state index contributed by atoms with van der Waals surface area (Å²) >= 11 is 0. The van der Waals surface area contributed by atoms with Crippen LogP contribution in [0.25, 0.3) is 0 Å². The van der Waals surface area contributed by atoms with Gasteiger partial charge in [-0.25, -0.2) is 4.79 Å². The standard InChI is InChI=1S/C9H9NO3/c1-10-9(12)13-8-5-3-2-4-7(8)6-11/h2-6H,1H3,(H,10,12). The first-order chi connectivity index (χ1) is 6.27. The fourth-order valence-electron chi connectivity index (χ4n) is 0.822. The summed E-state index contributed by atoms with van der Waals surface area (Å²) in [6.45, 7) is 0. The van der Waals surface area contributed by atoms with Gasteiger partial charge in [0, 0.05) is 7.05 Å². The lowest BCUT2D eigenvalue weighted by molar-refractivity contribution is 0.112. The summed E-state index contributed by atoms with van der Waals surface area (Å²) in [4.78, 5) is 21.3. The molecule has 0 spiro atoms. The fraction of sp³-hybridized carbons (Fsp3) is 0.111. The van der Waals surface area contributed by atoms with Gasteiger partial charge in [0.2, 0.25) is 0 Å². The first-order valence-electron chi connectivity index (χ1n) is 3.71. The van der Waals surface area contributed by atoms with Crippen molar-refractivity contribution in [1.29, 1.82) is 0 Å². The van der Waals surface area contributed by atoms with Crippen molar-refractivity contribution in [3.05, 3.63) is 29.8 Å². The van der Waals surface area contributed by atoms with E-state index < -0.39 is 6.09 Å². The number of para-hydroxylation sites is 1. The number of rotatable bonds is 2. The third-order valence-electron chi connectivity index (χ3n) is 1.45. The zero-order valence-corrected chi connectivity index (χ0v) is 7.11. The zero-order valence-electron chi connectivity index (χ0n) is 7.11. The predicted octanol–water partition coefficient (Wildman–Crippen LogP) is 1.22. The Balaban J connectivity index is 2.87. The molecule has 0 unspecified atom stereocenters. The Bertz CT molecular complexity index is 322. The lowest BCUT2D eigenvalue weighted by atomic mass is 10.2. The highest BCUT2D eigenvalue weighted by atomic mass is 16.6. The highest BCUT2D eigenvalue weighted by Gasteiger charge is 2.05. The van der Waals surface area contributed by atoms with E-state index in [1.165, 1.54) is 7.05 Å². The second-order valence-electron chi connectivity index (χ2n) is 2.30. The summed E-state index contributed by atoms with van der Waals surface area (Å²) in [5, 5.41) is 2.29. The molecule has 1 aromatic carbocycles. The summed E-state index contributed by atoms with van der Waals surface area (Å²) in [6, 6.07) is 6.51. The van der Waals surface area contributed by atoms with Gasteiger partial charge in [-0.3, -0.25) is 4.79 Å². The van der Waals surface area contributed by atoms with Crippen LogP contribution >= 0.6 is 0 Å². The molecule has 0 aliphatic carbocycles. The normalized spacial score (nSPS) is 9.00. The maximum Gasteiger partial charge on any atom is 0.412 e. The lowest BCUT2D eigenvalue weighted by Gasteiger charge is -2.04. The summed E-state index contributed by atoms with van der Waals surface area (Å²) in [5.41, 5.74) is 0.353. The summed E-state index contributed by atoms with van der Waals surface area (Å²) in [6.07, 6.45) is 0.0486. The van der Waals surface area contributed by atoms with Crippen molar-refractivity contribution in [2.75, 3.05) is 7.05 Å². The van der Waals surface area contributed by atoms with E-state index in [1.807, 2.05) is 0 Å². The largest absolute Gasteiger partial charge is 0.412 e. The number of carbonyl (C=O) groups is 2. The van der Waals surface area contributed by atoms with Crippen LogP contribution in [0.1, 0.15) is 10.4 Å². The van der Waals surface area contributed by atoms with Crippen molar-refractivity contribution < 1.29 is 14.3 Å². The van der Waals surface area contributed by atoms with Crippen molar-refractivity contribution in [2.45, 2.75) is 0 Å². The van der Waals surface area contributed by atoms with Crippen LogP contribution < -0.4 is 10.1 Å². The molecule has 4 nitrogen and oxygen atoms in total. The van der Waals surface area contributed by atoms with Gasteiger partial charge in [0.05, 0.1) is 5.56 Å². The molecule has 1 N–H and O–H groups in total. The maximum absolute atomic E-state index is 10.8. The molecule has 0 aliphatic heterocycles. The second-order valence-corrected chi connectivity index (χ2v) is 2.30. The van der Waals surface area contributed by atoms with E-state index in [-0.39, 0.29) is 5.75 Å². The van der Waals surface area contributed by atoms with Crippen molar-refractivity contribution in [3.8, 4) is 5.75 Å². The van der Waals surface area contributed by atoms with Crippen LogP contribution in [-0.4, -0.2) is 19.4 Å². The average Bonchev–Trinajstić information content (AvgIpc) is 2.18. The van der Waals surface area contributed by atoms with Crippen LogP contribution in [0.3, 0.4) is 0 Å². The Morgan fingerprint density at radius 1 is 1.46 bits per heavy atom. The first-order valence-corrected chi connectivity index (χ1v) is 3.71. The molecule has 0 bridgehead atoms. The Morgan fingerprint density at radius 3 is 2.77 bits per heavy atom. The minimum atomic E-state index is -0.589. The van der Waals surface area contributed by atoms with Gasteiger partial charge >= 0.3 is 6.09 Å². The number of aldehydes is 1. The quantitative estimate of drug-likeness (QED) is 0.694. The van der Waals surface area contributed by atoms with E-state index >= 15 is 0 Å². The molecule has 1 rings (SSSR count). The number of hydrogen-bond donors (Lipinski definition) is 1. The number of carbonyl (C=O) groups excluding carboxylic acids is 2. The molecule has 13 heavy (non-hydrogen) atoms. The molecule has 1 aromatic rings. The molecule has 0 atom stereocenters. The Labute approximate surface area is 75.5 Å². The smallest absolute Gasteiger partial charge is 0.410 e. The van der Waals surface area contributed by atoms with Crippen LogP contribution in [-0.2, 0) is 0 Å². The minimum Gasteiger partial charge on any atom is -0.410 e. The molecule has 0 saturated carbocycles. The number of ether oxygens (including phenoxy) is 1. The van der Waals surface area contributed by atoms with Crippen LogP contribution in [0, 0.1) is 0 Å². The van der Waals surface area contributed by atoms with E-state index in [0.29, 0.717) is 11.8 Å². The van der Waals surface area contributed by atoms with Crippen LogP contribution in [0.2, 0.25) is 0 Å². The van der Waals surface area contributed by atoms with Gasteiger partial charge in [0.15, 0.2) is 6.29 Å². The second kappa shape index (κ2) is 4.25. The van der Waals surface area contributed by atoms with Crippen molar-refractivity contribution in [1.82, 2.24) is 5.32 Å². The Hall–Kier alpha value is -1.84. The Kier molecular flexibility index (Phi) is 3.03. The monoisotopic (exact) mass is 179 g/mol. The van der Waals surface area contributed by atoms with Crippen molar-refractivity contribution >= 4 is 12.4 Å². The molecule has 0 radical (unpaired) electrons. The summed E-state index contributed by atoms with van der Waals surface area (Å²) < 4.78 is 4.80. The van der Waals surface area contributed by atoms with E-state index in [1.54, 1.807) is 24.3 Å². The third kappa shape index (κ3) is 2.30. The van der Waals surface area contributed by atoms with Gasteiger partial charge in [-0.15, -0.1) is 0 Å². The molecule has 1 amide bonds. The van der Waals surface area contributed by atoms with Gasteiger partial charge < -0.3 is 10.1 Å². The number of amides is 1. The highest BCUT2D eigenvalue weighted by Crippen LogP contribution is 2.15. The summed E-state index contributed by atoms with van der Waals surface area (Å²) in [7, 11) is 1.45. The van der Waals surface area contributed by atoms with Gasteiger partial charge in [0.1, 0.15) is 5.75 Å². The first kappa shape index (κ1) is 9.25. The molecule has 0 saturated heterocycles. The minimum absolute atomic E-state index is 0.261. The fourth-order valence-corrected chi connectivity index (χ4v) is 0.822. The highest BCUT2D eigenvalue weighted by molar-refractivity contribution is 5.81. The summed E-state index contributed by atoms with van der Waals surface area (Å²) in [5.74, 6) is 0.261. The van der Waals surface area contributed by atoms with Crippen LogP contribution in [0.15, 0.2) is 24.3 Å². The van der Waals surface area contributed by atoms with Crippen LogP contribution in [0.5, 0.6) is 5.75 Å². The SMILES string of the molecule is CNC(=O)Oc1ccccc1C=O. The van der Waals surface area contributed by atoms with E-state index in [4.69, 9.17) is 4.74 Å². The predicted molar refractivity (Wildman–Crippen MR) is 46.9 cm³/mol. The topological polar surface area (TPSA) is 55.4 Å². The van der Waals surface area contributed by atoms with Crippen LogP contribution in [0.4, 0.5) is 4.79 Å². The van der Waals surface area contributed by atoms with E-state index in [0.717, 1.165) is 0 Å². The molecule has 0 aliphatic rings. The molecule has 68 valence electrons. The van der Waals surface area contributed by atoms with Gasteiger partial charge in [-0.1, -0.05) is 12.1 Å². The third-order valence-corrected chi connectivity index (χ3v) is 1.45. The Morgan fingerprint density at radius 2 is 2.15 bits per heavy atom. The maximum atomic E-state index is 10.8.